The summed E-state index contributed by atoms with van der Waals surface area (Å²) >= 11 is 0. The van der Waals surface area contributed by atoms with E-state index in [4.69, 9.17) is 4.42 Å². The van der Waals surface area contributed by atoms with Crippen LogP contribution in [0.1, 0.15) is 108 Å². The van der Waals surface area contributed by atoms with Gasteiger partial charge in [-0.1, -0.05) is 54.5 Å². The van der Waals surface area contributed by atoms with Crippen LogP contribution in [0, 0.1) is 18.8 Å². The van der Waals surface area contributed by atoms with E-state index in [1.807, 2.05) is 12.1 Å². The molecule has 5 nitrogen and oxygen atoms in total. The fraction of sp³-hybridized carbons (Fsp3) is 0.417. The maximum atomic E-state index is 13.1. The smallest absolute Gasteiger partial charge is 0.291 e. The maximum Gasteiger partial charge on any atom is 0.291 e. The number of carbonyl (C=O) groups excluding carboxylic acids is 3. The fourth-order valence-corrected chi connectivity index (χ4v) is 6.34. The number of Topliss-reactive ketones (excluding diaryl/α,β-unsaturated/α-hetero) is 2. The van der Waals surface area contributed by atoms with Gasteiger partial charge >= 0.3 is 0 Å². The highest BCUT2D eigenvalue weighted by Crippen LogP contribution is 2.34. The second-order valence-corrected chi connectivity index (χ2v) is 11.8. The molecule has 41 heavy (non-hydrogen) atoms. The topological polar surface area (TPSA) is 76.4 Å². The lowest BCUT2D eigenvalue weighted by atomic mass is 9.81. The quantitative estimate of drug-likeness (QED) is 0.256. The maximum absolute atomic E-state index is 13.1. The van der Waals surface area contributed by atoms with Crippen molar-refractivity contribution in [3.63, 3.8) is 0 Å². The van der Waals surface area contributed by atoms with E-state index in [9.17, 15) is 14.4 Å². The molecule has 1 heterocycles. The summed E-state index contributed by atoms with van der Waals surface area (Å²) in [4.78, 5) is 38.2. The number of hydrogen-bond acceptors (Lipinski definition) is 4. The number of benzene rings is 2. The highest BCUT2D eigenvalue weighted by atomic mass is 16.3. The van der Waals surface area contributed by atoms with Crippen molar-refractivity contribution in [1.29, 1.82) is 0 Å². The van der Waals surface area contributed by atoms with Crippen LogP contribution in [0.15, 0.2) is 70.9 Å². The molecule has 2 saturated carbocycles. The van der Waals surface area contributed by atoms with E-state index in [-0.39, 0.29) is 23.4 Å². The summed E-state index contributed by atoms with van der Waals surface area (Å²) in [6.45, 7) is 2.19. The van der Waals surface area contributed by atoms with Crippen molar-refractivity contribution in [3.05, 3.63) is 94.4 Å². The summed E-state index contributed by atoms with van der Waals surface area (Å²) < 4.78 is 5.30. The van der Waals surface area contributed by atoms with E-state index >= 15 is 0 Å². The summed E-state index contributed by atoms with van der Waals surface area (Å²) in [5, 5.41) is 2.98. The first kappa shape index (κ1) is 28.8. The number of allylic oxidation sites excluding steroid dienone is 1. The van der Waals surface area contributed by atoms with Crippen molar-refractivity contribution in [1.82, 2.24) is 0 Å². The Bertz CT molecular complexity index is 1390. The first-order chi connectivity index (χ1) is 20.0. The third-order valence-electron chi connectivity index (χ3n) is 8.88. The van der Waals surface area contributed by atoms with Gasteiger partial charge in [0.25, 0.3) is 5.91 Å². The summed E-state index contributed by atoms with van der Waals surface area (Å²) in [6.07, 6.45) is 14.8. The number of rotatable bonds is 10. The summed E-state index contributed by atoms with van der Waals surface area (Å²) in [5.41, 5.74) is 6.28. The van der Waals surface area contributed by atoms with Crippen LogP contribution in [0.4, 0.5) is 5.69 Å². The Labute approximate surface area is 243 Å². The molecular weight excluding hydrogens is 510 g/mol. The Hall–Kier alpha value is -3.73. The van der Waals surface area contributed by atoms with Crippen molar-refractivity contribution < 1.29 is 18.8 Å². The normalized spacial score (nSPS) is 19.1. The molecule has 0 bridgehead atoms. The van der Waals surface area contributed by atoms with Gasteiger partial charge < -0.3 is 9.73 Å². The van der Waals surface area contributed by atoms with E-state index in [0.717, 1.165) is 63.4 Å². The van der Waals surface area contributed by atoms with Gasteiger partial charge in [-0.3, -0.25) is 14.4 Å². The van der Waals surface area contributed by atoms with Crippen LogP contribution in [-0.2, 0) is 11.2 Å². The lowest BCUT2D eigenvalue weighted by Gasteiger charge is -2.25. The molecule has 0 saturated heterocycles. The molecule has 1 N–H and O–H groups in total. The lowest BCUT2D eigenvalue weighted by Crippen LogP contribution is -2.19. The van der Waals surface area contributed by atoms with Gasteiger partial charge in [0.15, 0.2) is 11.5 Å². The monoisotopic (exact) mass is 551 g/mol. The molecular formula is C36H41NO4. The molecule has 0 radical (unpaired) electrons. The molecule has 214 valence electrons. The van der Waals surface area contributed by atoms with E-state index in [0.29, 0.717) is 42.2 Å². The van der Waals surface area contributed by atoms with Gasteiger partial charge in [0.2, 0.25) is 0 Å². The average Bonchev–Trinajstić information content (AvgIpc) is 3.53. The summed E-state index contributed by atoms with van der Waals surface area (Å²) in [5.74, 6) is 1.08. The zero-order valence-electron chi connectivity index (χ0n) is 24.1. The van der Waals surface area contributed by atoms with E-state index in [2.05, 4.69) is 42.6 Å². The molecule has 0 spiro atoms. The molecule has 2 aliphatic carbocycles. The highest BCUT2D eigenvalue weighted by molar-refractivity contribution is 6.05. The molecule has 5 rings (SSSR count). The average molecular weight is 552 g/mol. The minimum atomic E-state index is -0.336. The van der Waals surface area contributed by atoms with Crippen LogP contribution in [-0.4, -0.2) is 17.5 Å². The number of ketones is 2. The van der Waals surface area contributed by atoms with Gasteiger partial charge in [0.05, 0.1) is 6.26 Å². The molecule has 0 aliphatic heterocycles. The Kier molecular flexibility index (Phi) is 9.66. The minimum absolute atomic E-state index is 0.0395. The Morgan fingerprint density at radius 3 is 2.56 bits per heavy atom. The van der Waals surface area contributed by atoms with Gasteiger partial charge in [-0.25, -0.2) is 0 Å². The van der Waals surface area contributed by atoms with Crippen LogP contribution >= 0.6 is 0 Å². The van der Waals surface area contributed by atoms with Gasteiger partial charge in [-0.15, -0.1) is 0 Å². The summed E-state index contributed by atoms with van der Waals surface area (Å²) in [6, 6.07) is 17.6. The van der Waals surface area contributed by atoms with Gasteiger partial charge in [-0.05, 0) is 106 Å². The standard InChI is InChI=1S/C36H41NO4/c1-25-8-2-3-10-29(25)22-26-15-17-27(18-16-26)23-30-19-20-31(24-32(30)37-36(40)35-14-7-21-41-35)34(39)13-6-11-28-9-4-5-12-33(28)38/h2-3,7-8,10,14,19-21,23-24,26,28H,4-6,9,11-13,15-18,22H2,1H3,(H,37,40). The second kappa shape index (κ2) is 13.8. The van der Waals surface area contributed by atoms with Crippen LogP contribution in [0.5, 0.6) is 0 Å². The van der Waals surface area contributed by atoms with Gasteiger partial charge in [-0.2, -0.15) is 0 Å². The van der Waals surface area contributed by atoms with Crippen LogP contribution in [0.2, 0.25) is 0 Å². The predicted octanol–water partition coefficient (Wildman–Crippen LogP) is 8.77. The predicted molar refractivity (Wildman–Crippen MR) is 163 cm³/mol. The van der Waals surface area contributed by atoms with E-state index in [1.54, 1.807) is 18.2 Å². The molecule has 2 aliphatic rings. The molecule has 5 heteroatoms. The third-order valence-corrected chi connectivity index (χ3v) is 8.88. The van der Waals surface area contributed by atoms with Crippen molar-refractivity contribution in [3.8, 4) is 0 Å². The van der Waals surface area contributed by atoms with Gasteiger partial charge in [0, 0.05) is 30.0 Å². The number of furan rings is 1. The second-order valence-electron chi connectivity index (χ2n) is 11.8. The highest BCUT2D eigenvalue weighted by Gasteiger charge is 2.23. The fourth-order valence-electron chi connectivity index (χ4n) is 6.34. The zero-order valence-corrected chi connectivity index (χ0v) is 24.1. The number of hydrogen-bond donors (Lipinski definition) is 1. The van der Waals surface area contributed by atoms with Crippen LogP contribution in [0.25, 0.3) is 6.08 Å². The Morgan fingerprint density at radius 1 is 0.976 bits per heavy atom. The molecule has 2 aromatic carbocycles. The largest absolute Gasteiger partial charge is 0.459 e. The molecule has 1 amide bonds. The molecule has 1 unspecified atom stereocenters. The van der Waals surface area contributed by atoms with Crippen molar-refractivity contribution in [2.24, 2.45) is 11.8 Å². The summed E-state index contributed by atoms with van der Waals surface area (Å²) in [7, 11) is 0. The Morgan fingerprint density at radius 2 is 1.80 bits per heavy atom. The number of aryl methyl sites for hydroxylation is 1. The lowest BCUT2D eigenvalue weighted by molar-refractivity contribution is -0.124. The van der Waals surface area contributed by atoms with Crippen LogP contribution < -0.4 is 5.32 Å². The number of anilines is 1. The number of carbonyl (C=O) groups is 3. The van der Waals surface area contributed by atoms with E-state index in [1.165, 1.54) is 23.0 Å². The molecule has 1 aromatic heterocycles. The number of nitrogens with one attached hydrogen (secondary N) is 1. The van der Waals surface area contributed by atoms with Crippen molar-refractivity contribution in [2.75, 3.05) is 5.32 Å². The zero-order chi connectivity index (χ0) is 28.6. The molecule has 1 atom stereocenters. The van der Waals surface area contributed by atoms with Crippen molar-refractivity contribution >= 4 is 29.2 Å². The minimum Gasteiger partial charge on any atom is -0.459 e. The SMILES string of the molecule is Cc1ccccc1CC1CCC(=Cc2ccc(C(=O)CCCC3CCCCC3=O)cc2NC(=O)c2ccco2)CC1. The Balaban J connectivity index is 1.26. The third kappa shape index (κ3) is 7.72. The van der Waals surface area contributed by atoms with Gasteiger partial charge in [0.1, 0.15) is 5.78 Å². The van der Waals surface area contributed by atoms with Crippen LogP contribution in [0.3, 0.4) is 0 Å². The van der Waals surface area contributed by atoms with E-state index < -0.39 is 0 Å². The number of amides is 1. The first-order valence-electron chi connectivity index (χ1n) is 15.2. The van der Waals surface area contributed by atoms with Crippen molar-refractivity contribution in [2.45, 2.75) is 84.0 Å². The first-order valence-corrected chi connectivity index (χ1v) is 15.2. The molecule has 2 fully saturated rings. The molecule has 3 aromatic rings.